The molecule has 0 atom stereocenters. The van der Waals surface area contributed by atoms with Crippen molar-refractivity contribution in [3.8, 4) is 11.4 Å². The third-order valence-corrected chi connectivity index (χ3v) is 4.11. The Hall–Kier alpha value is -2.01. The van der Waals surface area contributed by atoms with Gasteiger partial charge in [-0.3, -0.25) is 4.98 Å². The molecule has 1 aliphatic carbocycles. The zero-order chi connectivity index (χ0) is 16.4. The summed E-state index contributed by atoms with van der Waals surface area (Å²) in [6.45, 7) is 7.13. The van der Waals surface area contributed by atoms with Crippen LogP contribution in [-0.2, 0) is 12.8 Å². The first-order valence-electron chi connectivity index (χ1n) is 8.25. The molecule has 0 fully saturated rings. The minimum absolute atomic E-state index is 0.558. The molecular weight excluding hydrogens is 288 g/mol. The van der Waals surface area contributed by atoms with E-state index in [0.29, 0.717) is 6.54 Å². The number of anilines is 1. The molecule has 0 bridgehead atoms. The van der Waals surface area contributed by atoms with Crippen molar-refractivity contribution in [3.63, 3.8) is 0 Å². The Morgan fingerprint density at radius 2 is 1.91 bits per heavy atom. The van der Waals surface area contributed by atoms with Crippen LogP contribution in [0, 0.1) is 0 Å². The maximum absolute atomic E-state index is 10.2. The van der Waals surface area contributed by atoms with Gasteiger partial charge in [-0.1, -0.05) is 0 Å². The molecule has 23 heavy (non-hydrogen) atoms. The molecule has 122 valence electrons. The molecule has 0 unspecified atom stereocenters. The molecule has 2 aromatic heterocycles. The normalized spacial score (nSPS) is 13.9. The lowest BCUT2D eigenvalue weighted by Gasteiger charge is -2.30. The molecule has 3 rings (SSSR count). The van der Waals surface area contributed by atoms with E-state index in [1.165, 1.54) is 5.56 Å². The van der Waals surface area contributed by atoms with Crippen LogP contribution in [0.25, 0.3) is 11.4 Å². The van der Waals surface area contributed by atoms with Crippen LogP contribution in [0.3, 0.4) is 0 Å². The smallest absolute Gasteiger partial charge is 0.161 e. The molecule has 5 heteroatoms. The highest BCUT2D eigenvalue weighted by Gasteiger charge is 2.26. The fourth-order valence-electron chi connectivity index (χ4n) is 3.11. The summed E-state index contributed by atoms with van der Waals surface area (Å²) in [7, 11) is 0. The van der Waals surface area contributed by atoms with E-state index < -0.39 is 5.60 Å². The predicted octanol–water partition coefficient (Wildman–Crippen LogP) is 2.62. The van der Waals surface area contributed by atoms with Crippen LogP contribution in [0.2, 0.25) is 0 Å². The van der Waals surface area contributed by atoms with Gasteiger partial charge in [-0.25, -0.2) is 9.97 Å². The van der Waals surface area contributed by atoms with E-state index in [9.17, 15) is 5.11 Å². The summed E-state index contributed by atoms with van der Waals surface area (Å²) in [6, 6.07) is 3.87. The lowest BCUT2D eigenvalue weighted by molar-refractivity contribution is 0.0874. The summed E-state index contributed by atoms with van der Waals surface area (Å²) in [5, 5.41) is 10.2. The molecule has 0 radical (unpaired) electrons. The number of hydrogen-bond donors (Lipinski definition) is 1. The van der Waals surface area contributed by atoms with E-state index in [4.69, 9.17) is 9.97 Å². The number of fused-ring (bicyclic) bond motifs is 1. The summed E-state index contributed by atoms with van der Waals surface area (Å²) in [4.78, 5) is 15.8. The van der Waals surface area contributed by atoms with Crippen LogP contribution < -0.4 is 4.90 Å². The van der Waals surface area contributed by atoms with Gasteiger partial charge in [0.1, 0.15) is 5.82 Å². The van der Waals surface area contributed by atoms with Crippen molar-refractivity contribution in [2.45, 2.75) is 45.6 Å². The van der Waals surface area contributed by atoms with Crippen molar-refractivity contribution in [1.29, 1.82) is 0 Å². The number of pyridine rings is 1. The third-order valence-electron chi connectivity index (χ3n) is 4.11. The van der Waals surface area contributed by atoms with E-state index >= 15 is 0 Å². The average Bonchev–Trinajstić information content (AvgIpc) is 3.00. The van der Waals surface area contributed by atoms with Gasteiger partial charge in [0.15, 0.2) is 5.82 Å². The van der Waals surface area contributed by atoms with Gasteiger partial charge in [0.25, 0.3) is 0 Å². The van der Waals surface area contributed by atoms with E-state index in [2.05, 4.69) is 16.8 Å². The van der Waals surface area contributed by atoms with Gasteiger partial charge in [0, 0.05) is 42.3 Å². The number of hydrogen-bond acceptors (Lipinski definition) is 5. The second-order valence-corrected chi connectivity index (χ2v) is 6.71. The summed E-state index contributed by atoms with van der Waals surface area (Å²) in [5.74, 6) is 1.72. The molecule has 1 aliphatic rings. The Bertz CT molecular complexity index is 679. The number of rotatable bonds is 5. The predicted molar refractivity (Wildman–Crippen MR) is 91.5 cm³/mol. The number of aryl methyl sites for hydroxylation is 1. The van der Waals surface area contributed by atoms with Crippen molar-refractivity contribution in [2.75, 3.05) is 18.0 Å². The van der Waals surface area contributed by atoms with Gasteiger partial charge in [0.2, 0.25) is 0 Å². The standard InChI is InChI=1S/C18H24N4O/c1-4-22(12-18(2,3)23)17-14-6-5-7-15(14)20-16(21-17)13-8-10-19-11-9-13/h8-11,23H,4-7,12H2,1-3H3. The van der Waals surface area contributed by atoms with Crippen LogP contribution in [0.4, 0.5) is 5.82 Å². The van der Waals surface area contributed by atoms with E-state index in [1.807, 2.05) is 26.0 Å². The third kappa shape index (κ3) is 3.50. The first-order valence-corrected chi connectivity index (χ1v) is 8.25. The number of aromatic nitrogens is 3. The molecule has 0 aliphatic heterocycles. The number of aliphatic hydroxyl groups is 1. The molecule has 2 aromatic rings. The summed E-state index contributed by atoms with van der Waals surface area (Å²) in [6.07, 6.45) is 6.67. The Labute approximate surface area is 137 Å². The van der Waals surface area contributed by atoms with Crippen LogP contribution >= 0.6 is 0 Å². The second kappa shape index (κ2) is 6.24. The molecule has 1 N–H and O–H groups in total. The molecule has 0 aromatic carbocycles. The Morgan fingerprint density at radius 1 is 1.17 bits per heavy atom. The van der Waals surface area contributed by atoms with E-state index in [1.54, 1.807) is 12.4 Å². The van der Waals surface area contributed by atoms with Crippen molar-refractivity contribution < 1.29 is 5.11 Å². The first-order chi connectivity index (χ1) is 11.0. The highest BCUT2D eigenvalue weighted by molar-refractivity contribution is 5.61. The Morgan fingerprint density at radius 3 is 2.57 bits per heavy atom. The molecule has 0 saturated carbocycles. The summed E-state index contributed by atoms with van der Waals surface area (Å²) in [5.41, 5.74) is 2.61. The van der Waals surface area contributed by atoms with Crippen molar-refractivity contribution in [2.24, 2.45) is 0 Å². The fourth-order valence-corrected chi connectivity index (χ4v) is 3.11. The minimum Gasteiger partial charge on any atom is -0.389 e. The van der Waals surface area contributed by atoms with Gasteiger partial charge >= 0.3 is 0 Å². The van der Waals surface area contributed by atoms with Crippen molar-refractivity contribution >= 4 is 5.82 Å². The maximum atomic E-state index is 10.2. The lowest BCUT2D eigenvalue weighted by atomic mass is 10.1. The summed E-state index contributed by atoms with van der Waals surface area (Å²) >= 11 is 0. The lowest BCUT2D eigenvalue weighted by Crippen LogP contribution is -2.39. The highest BCUT2D eigenvalue weighted by Crippen LogP contribution is 2.31. The number of likely N-dealkylation sites (N-methyl/N-ethyl adjacent to an activating group) is 1. The van der Waals surface area contributed by atoms with Gasteiger partial charge in [-0.15, -0.1) is 0 Å². The quantitative estimate of drug-likeness (QED) is 0.919. The molecular formula is C18H24N4O. The van der Waals surface area contributed by atoms with Crippen molar-refractivity contribution in [1.82, 2.24) is 15.0 Å². The van der Waals surface area contributed by atoms with Crippen molar-refractivity contribution in [3.05, 3.63) is 35.8 Å². The minimum atomic E-state index is -0.761. The monoisotopic (exact) mass is 312 g/mol. The van der Waals surface area contributed by atoms with Crippen LogP contribution in [0.15, 0.2) is 24.5 Å². The van der Waals surface area contributed by atoms with E-state index in [0.717, 1.165) is 48.7 Å². The van der Waals surface area contributed by atoms with E-state index in [-0.39, 0.29) is 0 Å². The van der Waals surface area contributed by atoms with Gasteiger partial charge in [0.05, 0.1) is 5.60 Å². The molecule has 0 amide bonds. The zero-order valence-electron chi connectivity index (χ0n) is 14.1. The largest absolute Gasteiger partial charge is 0.389 e. The average molecular weight is 312 g/mol. The van der Waals surface area contributed by atoms with Gasteiger partial charge < -0.3 is 10.0 Å². The maximum Gasteiger partial charge on any atom is 0.161 e. The van der Waals surface area contributed by atoms with Crippen LogP contribution in [0.1, 0.15) is 38.4 Å². The first kappa shape index (κ1) is 15.9. The van der Waals surface area contributed by atoms with Crippen LogP contribution in [0.5, 0.6) is 0 Å². The molecule has 0 spiro atoms. The Kier molecular flexibility index (Phi) is 4.31. The molecule has 2 heterocycles. The number of nitrogens with zero attached hydrogens (tertiary/aromatic N) is 4. The molecule has 5 nitrogen and oxygen atoms in total. The SMILES string of the molecule is CCN(CC(C)(C)O)c1nc(-c2ccncc2)nc2c1CCC2. The van der Waals surface area contributed by atoms with Gasteiger partial charge in [-0.2, -0.15) is 0 Å². The fraction of sp³-hybridized carbons (Fsp3) is 0.500. The van der Waals surface area contributed by atoms with Crippen LogP contribution in [-0.4, -0.2) is 38.7 Å². The highest BCUT2D eigenvalue weighted by atomic mass is 16.3. The molecule has 0 saturated heterocycles. The Balaban J connectivity index is 2.06. The second-order valence-electron chi connectivity index (χ2n) is 6.71. The summed E-state index contributed by atoms with van der Waals surface area (Å²) < 4.78 is 0. The zero-order valence-corrected chi connectivity index (χ0v) is 14.1. The topological polar surface area (TPSA) is 62.1 Å². The van der Waals surface area contributed by atoms with Gasteiger partial charge in [-0.05, 0) is 52.2 Å².